The lowest BCUT2D eigenvalue weighted by Gasteiger charge is -2.31. The van der Waals surface area contributed by atoms with Crippen molar-refractivity contribution in [2.75, 3.05) is 14.2 Å². The largest absolute Gasteiger partial charge is 0.496 e. The van der Waals surface area contributed by atoms with Crippen LogP contribution >= 0.6 is 0 Å². The first kappa shape index (κ1) is 14.9. The topological polar surface area (TPSA) is 41.6 Å². The third kappa shape index (κ3) is 3.51. The number of para-hydroxylation sites is 1. The van der Waals surface area contributed by atoms with Crippen molar-refractivity contribution >= 4 is 5.91 Å². The molecule has 1 aliphatic heterocycles. The number of carbonyl (C=O) groups excluding carboxylic acids is 1. The van der Waals surface area contributed by atoms with E-state index in [2.05, 4.69) is 12.2 Å². The second-order valence-electron chi connectivity index (χ2n) is 5.56. The van der Waals surface area contributed by atoms with Crippen molar-refractivity contribution < 1.29 is 9.53 Å². The molecule has 0 aromatic heterocycles. The number of rotatable bonds is 4. The molecule has 1 fully saturated rings. The second kappa shape index (κ2) is 6.75. The Bertz CT molecular complexity index is 462. The van der Waals surface area contributed by atoms with E-state index in [1.807, 2.05) is 31.3 Å². The molecule has 1 heterocycles. The number of methoxy groups -OCH3 is 1. The fraction of sp³-hybridized carbons (Fsp3) is 0.562. The highest BCUT2D eigenvalue weighted by Crippen LogP contribution is 2.20. The third-order valence-electron chi connectivity index (χ3n) is 3.89. The van der Waals surface area contributed by atoms with Crippen LogP contribution in [0, 0.1) is 0 Å². The zero-order valence-corrected chi connectivity index (χ0v) is 12.6. The monoisotopic (exact) mass is 276 g/mol. The predicted octanol–water partition coefficient (Wildman–Crippen LogP) is 2.18. The first-order valence-electron chi connectivity index (χ1n) is 7.24. The van der Waals surface area contributed by atoms with E-state index in [1.165, 1.54) is 0 Å². The van der Waals surface area contributed by atoms with Crippen molar-refractivity contribution in [3.63, 3.8) is 0 Å². The summed E-state index contributed by atoms with van der Waals surface area (Å²) in [6.07, 6.45) is 3.20. The lowest BCUT2D eigenvalue weighted by Crippen LogP contribution is -2.50. The molecule has 1 aromatic carbocycles. The Kier molecular flexibility index (Phi) is 5.01. The summed E-state index contributed by atoms with van der Waals surface area (Å²) in [5.74, 6) is 1.000. The fourth-order valence-electron chi connectivity index (χ4n) is 2.77. The minimum absolute atomic E-state index is 0.0431. The van der Waals surface area contributed by atoms with Gasteiger partial charge in [-0.1, -0.05) is 18.2 Å². The first-order valence-corrected chi connectivity index (χ1v) is 7.24. The standard InChI is InChI=1S/C16H24N2O2/c1-12-7-6-9-14(17-12)16(19)18(2)11-13-8-4-5-10-15(13)20-3/h4-5,8,10,12,14,17H,6-7,9,11H2,1-3H3. The van der Waals surface area contributed by atoms with Gasteiger partial charge >= 0.3 is 0 Å². The number of hydrogen-bond donors (Lipinski definition) is 1. The Morgan fingerprint density at radius 3 is 2.85 bits per heavy atom. The summed E-state index contributed by atoms with van der Waals surface area (Å²) in [5, 5.41) is 3.39. The molecule has 110 valence electrons. The van der Waals surface area contributed by atoms with Crippen molar-refractivity contribution in [2.24, 2.45) is 0 Å². The van der Waals surface area contributed by atoms with Gasteiger partial charge in [-0.05, 0) is 32.3 Å². The number of amides is 1. The molecule has 4 nitrogen and oxygen atoms in total. The van der Waals surface area contributed by atoms with Gasteiger partial charge in [-0.2, -0.15) is 0 Å². The van der Waals surface area contributed by atoms with Crippen LogP contribution in [0.3, 0.4) is 0 Å². The molecular weight excluding hydrogens is 252 g/mol. The minimum Gasteiger partial charge on any atom is -0.496 e. The quantitative estimate of drug-likeness (QED) is 0.916. The van der Waals surface area contributed by atoms with E-state index in [9.17, 15) is 4.79 Å². The maximum absolute atomic E-state index is 12.5. The zero-order valence-electron chi connectivity index (χ0n) is 12.6. The van der Waals surface area contributed by atoms with Crippen molar-refractivity contribution in [3.8, 4) is 5.75 Å². The fourth-order valence-corrected chi connectivity index (χ4v) is 2.77. The van der Waals surface area contributed by atoms with Crippen LogP contribution in [0.4, 0.5) is 0 Å². The molecule has 0 saturated carbocycles. The van der Waals surface area contributed by atoms with E-state index in [0.717, 1.165) is 30.6 Å². The molecule has 0 aliphatic carbocycles. The maximum Gasteiger partial charge on any atom is 0.239 e. The molecule has 1 saturated heterocycles. The van der Waals surface area contributed by atoms with Crippen LogP contribution in [0.2, 0.25) is 0 Å². The Labute approximate surface area is 121 Å². The van der Waals surface area contributed by atoms with Crippen LogP contribution in [-0.2, 0) is 11.3 Å². The summed E-state index contributed by atoms with van der Waals surface area (Å²) in [6, 6.07) is 8.22. The number of piperidine rings is 1. The van der Waals surface area contributed by atoms with E-state index in [1.54, 1.807) is 12.0 Å². The van der Waals surface area contributed by atoms with Gasteiger partial charge in [0.05, 0.1) is 13.2 Å². The number of carbonyl (C=O) groups is 1. The predicted molar refractivity (Wildman–Crippen MR) is 79.7 cm³/mol. The van der Waals surface area contributed by atoms with Gasteiger partial charge in [0.15, 0.2) is 0 Å². The average Bonchev–Trinajstić information content (AvgIpc) is 2.47. The van der Waals surface area contributed by atoms with Crippen molar-refractivity contribution in [1.29, 1.82) is 0 Å². The Morgan fingerprint density at radius 2 is 2.15 bits per heavy atom. The summed E-state index contributed by atoms with van der Waals surface area (Å²) in [6.45, 7) is 2.72. The van der Waals surface area contributed by atoms with Gasteiger partial charge in [-0.15, -0.1) is 0 Å². The molecule has 1 aromatic rings. The second-order valence-corrected chi connectivity index (χ2v) is 5.56. The summed E-state index contributed by atoms with van der Waals surface area (Å²) in [5.41, 5.74) is 1.04. The Morgan fingerprint density at radius 1 is 1.40 bits per heavy atom. The number of nitrogens with one attached hydrogen (secondary N) is 1. The highest BCUT2D eigenvalue weighted by atomic mass is 16.5. The van der Waals surface area contributed by atoms with Gasteiger partial charge in [-0.25, -0.2) is 0 Å². The van der Waals surface area contributed by atoms with Crippen LogP contribution in [0.5, 0.6) is 5.75 Å². The molecule has 0 bridgehead atoms. The van der Waals surface area contributed by atoms with Gasteiger partial charge in [-0.3, -0.25) is 4.79 Å². The molecule has 1 aliphatic rings. The maximum atomic E-state index is 12.5. The van der Waals surface area contributed by atoms with E-state index >= 15 is 0 Å². The number of hydrogen-bond acceptors (Lipinski definition) is 3. The van der Waals surface area contributed by atoms with Crippen LogP contribution in [-0.4, -0.2) is 37.0 Å². The molecule has 2 atom stereocenters. The zero-order chi connectivity index (χ0) is 14.5. The molecule has 20 heavy (non-hydrogen) atoms. The minimum atomic E-state index is -0.0431. The average molecular weight is 276 g/mol. The van der Waals surface area contributed by atoms with Crippen LogP contribution in [0.25, 0.3) is 0 Å². The van der Waals surface area contributed by atoms with Gasteiger partial charge in [0, 0.05) is 25.2 Å². The molecule has 4 heteroatoms. The van der Waals surface area contributed by atoms with Crippen molar-refractivity contribution in [1.82, 2.24) is 10.2 Å². The van der Waals surface area contributed by atoms with Gasteiger partial charge in [0.25, 0.3) is 0 Å². The Balaban J connectivity index is 2.00. The Hall–Kier alpha value is -1.55. The summed E-state index contributed by atoms with van der Waals surface area (Å²) < 4.78 is 5.33. The van der Waals surface area contributed by atoms with Gasteiger partial charge in [0.1, 0.15) is 5.75 Å². The van der Waals surface area contributed by atoms with E-state index in [4.69, 9.17) is 4.74 Å². The summed E-state index contributed by atoms with van der Waals surface area (Å²) >= 11 is 0. The number of likely N-dealkylation sites (N-methyl/N-ethyl adjacent to an activating group) is 1. The molecule has 2 unspecified atom stereocenters. The summed E-state index contributed by atoms with van der Waals surface area (Å²) in [7, 11) is 3.51. The summed E-state index contributed by atoms with van der Waals surface area (Å²) in [4.78, 5) is 14.3. The normalized spacial score (nSPS) is 22.4. The van der Waals surface area contributed by atoms with Crippen LogP contribution in [0.15, 0.2) is 24.3 Å². The van der Waals surface area contributed by atoms with E-state index < -0.39 is 0 Å². The molecule has 2 rings (SSSR count). The SMILES string of the molecule is COc1ccccc1CN(C)C(=O)C1CCCC(C)N1. The molecule has 1 amide bonds. The van der Waals surface area contributed by atoms with Gasteiger partial charge in [0.2, 0.25) is 5.91 Å². The van der Waals surface area contributed by atoms with E-state index in [0.29, 0.717) is 12.6 Å². The third-order valence-corrected chi connectivity index (χ3v) is 3.89. The molecule has 1 N–H and O–H groups in total. The molecule has 0 radical (unpaired) electrons. The van der Waals surface area contributed by atoms with Crippen molar-refractivity contribution in [2.45, 2.75) is 44.8 Å². The lowest BCUT2D eigenvalue weighted by atomic mass is 9.98. The molecular formula is C16H24N2O2. The number of nitrogens with zero attached hydrogens (tertiary/aromatic N) is 1. The van der Waals surface area contributed by atoms with Crippen LogP contribution in [0.1, 0.15) is 31.7 Å². The van der Waals surface area contributed by atoms with Crippen LogP contribution < -0.4 is 10.1 Å². The highest BCUT2D eigenvalue weighted by molar-refractivity contribution is 5.81. The number of ether oxygens (including phenoxy) is 1. The lowest BCUT2D eigenvalue weighted by molar-refractivity contribution is -0.133. The smallest absolute Gasteiger partial charge is 0.239 e. The van der Waals surface area contributed by atoms with Crippen molar-refractivity contribution in [3.05, 3.63) is 29.8 Å². The first-order chi connectivity index (χ1) is 9.61. The van der Waals surface area contributed by atoms with Gasteiger partial charge < -0.3 is 15.0 Å². The molecule has 0 spiro atoms. The van der Waals surface area contributed by atoms with E-state index in [-0.39, 0.29) is 11.9 Å². The highest BCUT2D eigenvalue weighted by Gasteiger charge is 2.26. The number of benzene rings is 1.